The molecule has 0 saturated heterocycles. The molecule has 0 aromatic heterocycles. The molecule has 2 N–H and O–H groups in total. The van der Waals surface area contributed by atoms with E-state index in [9.17, 15) is 29.4 Å². The van der Waals surface area contributed by atoms with E-state index in [0.717, 1.165) is 12.2 Å². The monoisotopic (exact) mass is 396 g/mol. The standard InChI is InChI=1S/C20H28O8/c1-5-15(21)19(3,25)11-27-17(23)13-7-9-14(10-8-13)18(24)28-12-20(4,26)16(22)6-2/h5-6,13-14,25-26H,1-2,7-12H2,3-4H3. The molecule has 0 spiro atoms. The number of aliphatic hydroxyl groups is 2. The van der Waals surface area contributed by atoms with Crippen LogP contribution in [0.1, 0.15) is 39.5 Å². The Balaban J connectivity index is 2.45. The van der Waals surface area contributed by atoms with E-state index < -0.39 is 59.8 Å². The fraction of sp³-hybridized carbons (Fsp3) is 0.600. The molecule has 1 rings (SSSR count). The third-order valence-electron chi connectivity index (χ3n) is 4.82. The molecular weight excluding hydrogens is 368 g/mol. The van der Waals surface area contributed by atoms with Gasteiger partial charge in [0.05, 0.1) is 11.8 Å². The molecule has 0 heterocycles. The third kappa shape index (κ3) is 6.38. The van der Waals surface area contributed by atoms with Crippen molar-refractivity contribution in [2.45, 2.75) is 50.7 Å². The number of ketones is 2. The van der Waals surface area contributed by atoms with Crippen molar-refractivity contribution >= 4 is 23.5 Å². The van der Waals surface area contributed by atoms with Crippen LogP contribution in [0.25, 0.3) is 0 Å². The highest BCUT2D eigenvalue weighted by Gasteiger charge is 2.36. The first-order valence-corrected chi connectivity index (χ1v) is 9.06. The predicted octanol–water partition coefficient (Wildman–Crippen LogP) is 0.891. The number of carbonyl (C=O) groups excluding carboxylic acids is 4. The third-order valence-corrected chi connectivity index (χ3v) is 4.82. The average molecular weight is 396 g/mol. The Hall–Kier alpha value is -2.32. The maximum absolute atomic E-state index is 12.1. The summed E-state index contributed by atoms with van der Waals surface area (Å²) < 4.78 is 10.1. The lowest BCUT2D eigenvalue weighted by Gasteiger charge is -2.28. The summed E-state index contributed by atoms with van der Waals surface area (Å²) in [7, 11) is 0. The Morgan fingerprint density at radius 2 is 1.11 bits per heavy atom. The first-order valence-electron chi connectivity index (χ1n) is 9.06. The van der Waals surface area contributed by atoms with Crippen LogP contribution >= 0.6 is 0 Å². The van der Waals surface area contributed by atoms with Gasteiger partial charge in [-0.05, 0) is 51.7 Å². The van der Waals surface area contributed by atoms with Gasteiger partial charge in [0.2, 0.25) is 0 Å². The van der Waals surface area contributed by atoms with Gasteiger partial charge in [0, 0.05) is 0 Å². The molecule has 1 aliphatic rings. The van der Waals surface area contributed by atoms with E-state index in [0.29, 0.717) is 25.7 Å². The first kappa shape index (κ1) is 23.7. The molecule has 8 nitrogen and oxygen atoms in total. The Kier molecular flexibility index (Phi) is 8.26. The van der Waals surface area contributed by atoms with Crippen LogP contribution in [0, 0.1) is 11.8 Å². The molecular formula is C20H28O8. The van der Waals surface area contributed by atoms with Gasteiger partial charge in [0.25, 0.3) is 0 Å². The molecule has 28 heavy (non-hydrogen) atoms. The summed E-state index contributed by atoms with van der Waals surface area (Å²) in [5.74, 6) is -3.24. The van der Waals surface area contributed by atoms with Crippen LogP contribution < -0.4 is 0 Å². The molecule has 156 valence electrons. The second-order valence-corrected chi connectivity index (χ2v) is 7.45. The van der Waals surface area contributed by atoms with Crippen LogP contribution in [0.5, 0.6) is 0 Å². The van der Waals surface area contributed by atoms with E-state index in [1.54, 1.807) is 0 Å². The normalized spacial score (nSPS) is 23.4. The highest BCUT2D eigenvalue weighted by molar-refractivity contribution is 5.96. The van der Waals surface area contributed by atoms with Gasteiger partial charge in [-0.25, -0.2) is 0 Å². The van der Waals surface area contributed by atoms with Crippen LogP contribution in [0.2, 0.25) is 0 Å². The van der Waals surface area contributed by atoms with Crippen molar-refractivity contribution in [2.24, 2.45) is 11.8 Å². The molecule has 1 aliphatic carbocycles. The minimum Gasteiger partial charge on any atom is -0.462 e. The molecule has 0 aliphatic heterocycles. The van der Waals surface area contributed by atoms with E-state index in [1.165, 1.54) is 13.8 Å². The average Bonchev–Trinajstić information content (AvgIpc) is 2.68. The molecule has 2 atom stereocenters. The van der Waals surface area contributed by atoms with Crippen molar-refractivity contribution in [1.82, 2.24) is 0 Å². The highest BCUT2D eigenvalue weighted by Crippen LogP contribution is 2.31. The second-order valence-electron chi connectivity index (χ2n) is 7.45. The van der Waals surface area contributed by atoms with Gasteiger partial charge < -0.3 is 19.7 Å². The van der Waals surface area contributed by atoms with Crippen molar-refractivity contribution in [3.8, 4) is 0 Å². The van der Waals surface area contributed by atoms with Crippen LogP contribution in [-0.4, -0.2) is 58.1 Å². The zero-order chi connectivity index (χ0) is 21.5. The van der Waals surface area contributed by atoms with Crippen molar-refractivity contribution in [3.05, 3.63) is 25.3 Å². The fourth-order valence-electron chi connectivity index (χ4n) is 2.81. The Labute approximate surface area is 164 Å². The van der Waals surface area contributed by atoms with E-state index >= 15 is 0 Å². The quantitative estimate of drug-likeness (QED) is 0.412. The minimum atomic E-state index is -1.82. The van der Waals surface area contributed by atoms with E-state index in [4.69, 9.17) is 9.47 Å². The summed E-state index contributed by atoms with van der Waals surface area (Å²) in [4.78, 5) is 47.2. The maximum Gasteiger partial charge on any atom is 0.309 e. The van der Waals surface area contributed by atoms with Gasteiger partial charge in [-0.3, -0.25) is 19.2 Å². The lowest BCUT2D eigenvalue weighted by Crippen LogP contribution is -2.41. The largest absolute Gasteiger partial charge is 0.462 e. The summed E-state index contributed by atoms with van der Waals surface area (Å²) in [5.41, 5.74) is -3.64. The number of hydrogen-bond donors (Lipinski definition) is 2. The first-order chi connectivity index (χ1) is 12.9. The summed E-state index contributed by atoms with van der Waals surface area (Å²) in [6.07, 6.45) is 3.47. The Morgan fingerprint density at radius 3 is 1.36 bits per heavy atom. The maximum atomic E-state index is 12.1. The number of esters is 2. The lowest BCUT2D eigenvalue weighted by molar-refractivity contribution is -0.164. The molecule has 8 heteroatoms. The number of rotatable bonds is 10. The van der Waals surface area contributed by atoms with Gasteiger partial charge in [0.1, 0.15) is 13.2 Å². The van der Waals surface area contributed by atoms with Crippen molar-refractivity contribution in [1.29, 1.82) is 0 Å². The van der Waals surface area contributed by atoms with Crippen molar-refractivity contribution in [2.75, 3.05) is 13.2 Å². The van der Waals surface area contributed by atoms with Crippen molar-refractivity contribution in [3.63, 3.8) is 0 Å². The molecule has 2 unspecified atom stereocenters. The van der Waals surface area contributed by atoms with Crippen LogP contribution in [0.15, 0.2) is 25.3 Å². The summed E-state index contributed by atoms with van der Waals surface area (Å²) in [6, 6.07) is 0. The predicted molar refractivity (Wildman–Crippen MR) is 99.0 cm³/mol. The van der Waals surface area contributed by atoms with Gasteiger partial charge in [-0.15, -0.1) is 0 Å². The summed E-state index contributed by atoms with van der Waals surface area (Å²) in [6.45, 7) is 8.10. The van der Waals surface area contributed by atoms with Gasteiger partial charge >= 0.3 is 11.9 Å². The zero-order valence-corrected chi connectivity index (χ0v) is 16.3. The lowest BCUT2D eigenvalue weighted by atomic mass is 9.82. The van der Waals surface area contributed by atoms with E-state index in [2.05, 4.69) is 13.2 Å². The second kappa shape index (κ2) is 9.75. The topological polar surface area (TPSA) is 127 Å². The Bertz CT molecular complexity index is 583. The smallest absolute Gasteiger partial charge is 0.309 e. The molecule has 0 radical (unpaired) electrons. The van der Waals surface area contributed by atoms with Gasteiger partial charge in [0.15, 0.2) is 22.8 Å². The SMILES string of the molecule is C=CC(=O)C(C)(O)COC(=O)C1CCC(C(=O)OCC(C)(O)C(=O)C=C)CC1. The number of carbonyl (C=O) groups is 4. The van der Waals surface area contributed by atoms with Gasteiger partial charge in [-0.2, -0.15) is 0 Å². The van der Waals surface area contributed by atoms with Crippen LogP contribution in [-0.2, 0) is 28.7 Å². The van der Waals surface area contributed by atoms with E-state index in [-0.39, 0.29) is 0 Å². The number of ether oxygens (including phenoxy) is 2. The zero-order valence-electron chi connectivity index (χ0n) is 16.3. The minimum absolute atomic E-state index is 0.387. The Morgan fingerprint density at radius 1 is 0.821 bits per heavy atom. The molecule has 0 aromatic rings. The van der Waals surface area contributed by atoms with E-state index in [1.807, 2.05) is 0 Å². The molecule has 0 amide bonds. The summed E-state index contributed by atoms with van der Waals surface area (Å²) in [5, 5.41) is 19.8. The fourth-order valence-corrected chi connectivity index (χ4v) is 2.81. The molecule has 0 aromatic carbocycles. The molecule has 1 saturated carbocycles. The van der Waals surface area contributed by atoms with Gasteiger partial charge in [-0.1, -0.05) is 13.2 Å². The number of hydrogen-bond acceptors (Lipinski definition) is 8. The summed E-state index contributed by atoms with van der Waals surface area (Å²) >= 11 is 0. The molecule has 0 bridgehead atoms. The molecule has 1 fully saturated rings. The van der Waals surface area contributed by atoms with Crippen LogP contribution in [0.4, 0.5) is 0 Å². The highest BCUT2D eigenvalue weighted by atomic mass is 16.5. The van der Waals surface area contributed by atoms with Crippen LogP contribution in [0.3, 0.4) is 0 Å². The van der Waals surface area contributed by atoms with Crippen molar-refractivity contribution < 1.29 is 38.9 Å².